The molecule has 1 aliphatic heterocycles. The van der Waals surface area contributed by atoms with Crippen molar-refractivity contribution in [2.24, 2.45) is 0 Å². The maximum absolute atomic E-state index is 12.2. The average Bonchev–Trinajstić information content (AvgIpc) is 2.23. The van der Waals surface area contributed by atoms with Crippen molar-refractivity contribution in [2.75, 3.05) is 6.61 Å². The molecular formula is C17H37NO2Si2. The van der Waals surface area contributed by atoms with Gasteiger partial charge >= 0.3 is 0 Å². The van der Waals surface area contributed by atoms with Gasteiger partial charge in [0.1, 0.15) is 0 Å². The van der Waals surface area contributed by atoms with Gasteiger partial charge in [0.05, 0.1) is 0 Å². The van der Waals surface area contributed by atoms with Gasteiger partial charge in [-0.1, -0.05) is 54.6 Å². The molecule has 1 heterocycles. The van der Waals surface area contributed by atoms with E-state index < -0.39 is 16.6 Å². The van der Waals surface area contributed by atoms with Crippen molar-refractivity contribution in [3.05, 3.63) is 0 Å². The third-order valence-electron chi connectivity index (χ3n) is 6.20. The van der Waals surface area contributed by atoms with Crippen molar-refractivity contribution >= 4 is 22.5 Å². The van der Waals surface area contributed by atoms with Gasteiger partial charge in [-0.2, -0.15) is 0 Å². The predicted molar refractivity (Wildman–Crippen MR) is 100 cm³/mol. The maximum Gasteiger partial charge on any atom is 0.216 e. The standard InChI is InChI=1S/C17H37NO2Si2/c1-16(2,3)21(7,8)18-14(13-15(18)19)11-12-20-22(9,10)17(4,5)6/h14H,11-13H2,1-10H3/t14-/m1/s1. The molecule has 1 fully saturated rings. The van der Waals surface area contributed by atoms with Crippen LogP contribution in [0.25, 0.3) is 0 Å². The van der Waals surface area contributed by atoms with E-state index in [0.29, 0.717) is 18.4 Å². The van der Waals surface area contributed by atoms with Gasteiger partial charge in [-0.3, -0.25) is 4.79 Å². The molecule has 1 rings (SSSR count). The lowest BCUT2D eigenvalue weighted by molar-refractivity contribution is -0.139. The minimum absolute atomic E-state index is 0.210. The Hall–Kier alpha value is -0.136. The van der Waals surface area contributed by atoms with Crippen LogP contribution in [0.5, 0.6) is 0 Å². The molecule has 1 aliphatic rings. The Morgan fingerprint density at radius 3 is 1.91 bits per heavy atom. The summed E-state index contributed by atoms with van der Waals surface area (Å²) >= 11 is 0. The van der Waals surface area contributed by atoms with Gasteiger partial charge < -0.3 is 8.99 Å². The van der Waals surface area contributed by atoms with Gasteiger partial charge in [-0.05, 0) is 29.6 Å². The number of hydrogen-bond acceptors (Lipinski definition) is 2. The zero-order chi connectivity index (χ0) is 17.6. The van der Waals surface area contributed by atoms with Crippen LogP contribution in [0.3, 0.4) is 0 Å². The monoisotopic (exact) mass is 343 g/mol. The molecule has 0 spiro atoms. The molecule has 130 valence electrons. The van der Waals surface area contributed by atoms with Crippen LogP contribution in [0.1, 0.15) is 54.4 Å². The van der Waals surface area contributed by atoms with Gasteiger partial charge in [0.15, 0.2) is 16.6 Å². The summed E-state index contributed by atoms with van der Waals surface area (Å²) in [6.07, 6.45) is 1.71. The highest BCUT2D eigenvalue weighted by Crippen LogP contribution is 2.43. The van der Waals surface area contributed by atoms with Crippen LogP contribution in [0.4, 0.5) is 0 Å². The van der Waals surface area contributed by atoms with E-state index in [-0.39, 0.29) is 10.1 Å². The van der Waals surface area contributed by atoms with Crippen LogP contribution in [0, 0.1) is 0 Å². The Labute approximate surface area is 140 Å². The van der Waals surface area contributed by atoms with Gasteiger partial charge in [0.25, 0.3) is 0 Å². The quantitative estimate of drug-likeness (QED) is 0.519. The Morgan fingerprint density at radius 1 is 1.05 bits per heavy atom. The van der Waals surface area contributed by atoms with E-state index in [2.05, 4.69) is 72.3 Å². The van der Waals surface area contributed by atoms with Crippen LogP contribution < -0.4 is 0 Å². The lowest BCUT2D eigenvalue weighted by Crippen LogP contribution is -2.68. The summed E-state index contributed by atoms with van der Waals surface area (Å²) in [6.45, 7) is 23.7. The van der Waals surface area contributed by atoms with Crippen LogP contribution in [-0.4, -0.2) is 39.7 Å². The van der Waals surface area contributed by atoms with E-state index in [0.717, 1.165) is 13.0 Å². The molecule has 0 aromatic rings. The maximum atomic E-state index is 12.2. The molecule has 0 aromatic carbocycles. The third-order valence-corrected chi connectivity index (χ3v) is 16.2. The van der Waals surface area contributed by atoms with Gasteiger partial charge in [-0.25, -0.2) is 0 Å². The highest BCUT2D eigenvalue weighted by atomic mass is 28.4. The first-order valence-corrected chi connectivity index (χ1v) is 14.4. The summed E-state index contributed by atoms with van der Waals surface area (Å²) in [7, 11) is -3.41. The van der Waals surface area contributed by atoms with Crippen LogP contribution in [0.15, 0.2) is 0 Å². The lowest BCUT2D eigenvalue weighted by Gasteiger charge is -2.55. The molecule has 0 bridgehead atoms. The average molecular weight is 344 g/mol. The van der Waals surface area contributed by atoms with E-state index in [1.165, 1.54) is 0 Å². The van der Waals surface area contributed by atoms with E-state index in [4.69, 9.17) is 4.43 Å². The summed E-state index contributed by atoms with van der Waals surface area (Å²) < 4.78 is 8.54. The highest BCUT2D eigenvalue weighted by Gasteiger charge is 2.51. The normalized spacial score (nSPS) is 21.1. The molecule has 3 nitrogen and oxygen atoms in total. The summed E-state index contributed by atoms with van der Waals surface area (Å²) in [5.41, 5.74) is 0. The van der Waals surface area contributed by atoms with E-state index in [9.17, 15) is 4.79 Å². The smallest absolute Gasteiger partial charge is 0.216 e. The van der Waals surface area contributed by atoms with Crippen molar-refractivity contribution in [3.63, 3.8) is 0 Å². The summed E-state index contributed by atoms with van der Waals surface area (Å²) in [6, 6.07) is 0.401. The van der Waals surface area contributed by atoms with Crippen molar-refractivity contribution in [3.8, 4) is 0 Å². The molecule has 1 amide bonds. The molecule has 0 N–H and O–H groups in total. The van der Waals surface area contributed by atoms with Gasteiger partial charge in [0, 0.05) is 19.1 Å². The van der Waals surface area contributed by atoms with Crippen LogP contribution in [-0.2, 0) is 9.22 Å². The Balaban J connectivity index is 2.64. The number of rotatable bonds is 5. The lowest BCUT2D eigenvalue weighted by atomic mass is 10.0. The summed E-state index contributed by atoms with van der Waals surface area (Å²) in [5, 5.41) is 0.461. The van der Waals surface area contributed by atoms with Crippen molar-refractivity contribution < 1.29 is 9.22 Å². The number of carbonyl (C=O) groups excluding carboxylic acids is 1. The minimum atomic E-state index is -1.74. The number of carbonyl (C=O) groups is 1. The van der Waals surface area contributed by atoms with Crippen molar-refractivity contribution in [2.45, 2.75) is 96.7 Å². The minimum Gasteiger partial charge on any atom is -0.417 e. The molecule has 1 atom stereocenters. The molecule has 0 unspecified atom stereocenters. The topological polar surface area (TPSA) is 29.5 Å². The Bertz CT molecular complexity index is 419. The number of nitrogens with zero attached hydrogens (tertiary/aromatic N) is 1. The Morgan fingerprint density at radius 2 is 1.55 bits per heavy atom. The van der Waals surface area contributed by atoms with Crippen LogP contribution in [0.2, 0.25) is 36.3 Å². The number of amides is 1. The fraction of sp³-hybridized carbons (Fsp3) is 0.941. The highest BCUT2D eigenvalue weighted by molar-refractivity contribution is 6.80. The predicted octanol–water partition coefficient (Wildman–Crippen LogP) is 5.00. The molecule has 0 radical (unpaired) electrons. The molecule has 0 saturated carbocycles. The second kappa shape index (κ2) is 6.06. The fourth-order valence-electron chi connectivity index (χ4n) is 2.51. The largest absolute Gasteiger partial charge is 0.417 e. The number of β-lactam (4-membered cyclic amide) rings is 1. The second-order valence-corrected chi connectivity index (χ2v) is 19.7. The number of hydrogen-bond donors (Lipinski definition) is 0. The van der Waals surface area contributed by atoms with Gasteiger partial charge in [0.2, 0.25) is 5.91 Å². The van der Waals surface area contributed by atoms with Crippen molar-refractivity contribution in [1.29, 1.82) is 0 Å². The first kappa shape index (κ1) is 19.9. The summed E-state index contributed by atoms with van der Waals surface area (Å²) in [5.74, 6) is 0.351. The van der Waals surface area contributed by atoms with E-state index >= 15 is 0 Å². The molecular weight excluding hydrogens is 306 g/mol. The molecule has 5 heteroatoms. The third kappa shape index (κ3) is 3.85. The van der Waals surface area contributed by atoms with Crippen LogP contribution >= 0.6 is 0 Å². The molecule has 0 aromatic heterocycles. The van der Waals surface area contributed by atoms with E-state index in [1.54, 1.807) is 0 Å². The zero-order valence-electron chi connectivity index (χ0n) is 16.5. The van der Waals surface area contributed by atoms with Crippen molar-refractivity contribution in [1.82, 2.24) is 4.57 Å². The summed E-state index contributed by atoms with van der Waals surface area (Å²) in [4.78, 5) is 12.2. The SMILES string of the molecule is CC(C)(C)[Si](C)(C)OCC[C@@H]1CC(=O)N1[Si](C)(C)C(C)(C)C. The second-order valence-electron chi connectivity index (χ2n) is 9.83. The molecule has 22 heavy (non-hydrogen) atoms. The van der Waals surface area contributed by atoms with E-state index in [1.807, 2.05) is 0 Å². The first-order chi connectivity index (χ1) is 9.61. The molecule has 0 aliphatic carbocycles. The Kier molecular flexibility index (Phi) is 5.48. The zero-order valence-corrected chi connectivity index (χ0v) is 18.5. The molecule has 1 saturated heterocycles. The first-order valence-electron chi connectivity index (χ1n) is 8.57. The van der Waals surface area contributed by atoms with Gasteiger partial charge in [-0.15, -0.1) is 0 Å². The fourth-order valence-corrected chi connectivity index (χ4v) is 6.14.